The van der Waals surface area contributed by atoms with E-state index in [2.05, 4.69) is 38.6 Å². The molecule has 10 nitrogen and oxygen atoms in total. The first-order valence-corrected chi connectivity index (χ1v) is 10.4. The number of nitrogens with two attached hydrogens (primary N) is 1. The van der Waals surface area contributed by atoms with Crippen molar-refractivity contribution in [1.29, 1.82) is 0 Å². The van der Waals surface area contributed by atoms with Crippen LogP contribution in [-0.2, 0) is 14.2 Å². The highest BCUT2D eigenvalue weighted by Gasteiger charge is 2.56. The molecule has 2 N–H and O–H groups in total. The number of anilines is 1. The first-order chi connectivity index (χ1) is 14.4. The van der Waals surface area contributed by atoms with Gasteiger partial charge in [-0.2, -0.15) is 0 Å². The van der Waals surface area contributed by atoms with Crippen molar-refractivity contribution >= 4 is 23.7 Å². The molecule has 2 saturated heterocycles. The van der Waals surface area contributed by atoms with Crippen LogP contribution < -0.4 is 5.73 Å². The number of nitrogens with zero attached hydrogens (tertiary/aromatic N) is 6. The maximum Gasteiger partial charge on any atom is 0.167 e. The number of hydrogen-bond acceptors (Lipinski definition) is 9. The van der Waals surface area contributed by atoms with Crippen molar-refractivity contribution in [1.82, 2.24) is 24.4 Å². The predicted molar refractivity (Wildman–Crippen MR) is 111 cm³/mol. The Bertz CT molecular complexity index is 942. The molecule has 3 fully saturated rings. The van der Waals surface area contributed by atoms with Gasteiger partial charge in [0.1, 0.15) is 30.2 Å². The topological polar surface area (TPSA) is 113 Å². The van der Waals surface area contributed by atoms with Gasteiger partial charge >= 0.3 is 0 Å². The Balaban J connectivity index is 1.36. The fourth-order valence-corrected chi connectivity index (χ4v) is 4.91. The molecule has 1 aliphatic carbocycles. The SMILES string of the molecule is C=NCC1CC(N(C)C[C@H]2O[C@@H](n3cnc4c(N)ncnc43)[C@@H]3OC(C)(C)O[C@@H]32)C1. The zero-order valence-corrected chi connectivity index (χ0v) is 17.6. The monoisotopic (exact) mass is 415 g/mol. The second kappa shape index (κ2) is 7.23. The number of likely N-dealkylation sites (N-methyl/N-ethyl adjacent to an activating group) is 1. The molecule has 0 amide bonds. The second-order valence-corrected chi connectivity index (χ2v) is 9.05. The van der Waals surface area contributed by atoms with E-state index in [9.17, 15) is 0 Å². The normalized spacial score (nSPS) is 34.9. The summed E-state index contributed by atoms with van der Waals surface area (Å²) in [5.41, 5.74) is 7.15. The van der Waals surface area contributed by atoms with Gasteiger partial charge in [-0.05, 0) is 46.4 Å². The van der Waals surface area contributed by atoms with Crippen molar-refractivity contribution in [2.24, 2.45) is 10.9 Å². The third-order valence-corrected chi connectivity index (χ3v) is 6.48. The number of hydrogen-bond donors (Lipinski definition) is 1. The molecule has 0 unspecified atom stereocenters. The van der Waals surface area contributed by atoms with Crippen LogP contribution in [0.25, 0.3) is 11.2 Å². The number of aliphatic imine (C=N–C) groups is 1. The van der Waals surface area contributed by atoms with Crippen LogP contribution in [0.2, 0.25) is 0 Å². The highest BCUT2D eigenvalue weighted by Crippen LogP contribution is 2.44. The molecule has 0 spiro atoms. The van der Waals surface area contributed by atoms with Gasteiger partial charge < -0.3 is 29.8 Å². The van der Waals surface area contributed by atoms with Gasteiger partial charge in [0.05, 0.1) is 6.33 Å². The van der Waals surface area contributed by atoms with Crippen molar-refractivity contribution in [3.05, 3.63) is 12.7 Å². The lowest BCUT2D eigenvalue weighted by Crippen LogP contribution is -2.48. The van der Waals surface area contributed by atoms with Crippen LogP contribution in [0.4, 0.5) is 5.82 Å². The molecule has 10 heteroatoms. The Hall–Kier alpha value is -2.14. The summed E-state index contributed by atoms with van der Waals surface area (Å²) in [6.07, 6.45) is 4.47. The minimum absolute atomic E-state index is 0.125. The third-order valence-electron chi connectivity index (χ3n) is 6.48. The number of rotatable bonds is 6. The zero-order chi connectivity index (χ0) is 21.0. The molecule has 2 aromatic heterocycles. The molecule has 30 heavy (non-hydrogen) atoms. The van der Waals surface area contributed by atoms with Crippen LogP contribution in [0.15, 0.2) is 17.6 Å². The van der Waals surface area contributed by atoms with E-state index in [0.29, 0.717) is 28.9 Å². The smallest absolute Gasteiger partial charge is 0.167 e. The lowest BCUT2D eigenvalue weighted by atomic mass is 9.79. The summed E-state index contributed by atoms with van der Waals surface area (Å²) in [5, 5.41) is 0. The van der Waals surface area contributed by atoms with Gasteiger partial charge in [0.25, 0.3) is 0 Å². The van der Waals surface area contributed by atoms with Crippen LogP contribution in [-0.4, -0.2) is 81.4 Å². The molecule has 4 heterocycles. The predicted octanol–water partition coefficient (Wildman–Crippen LogP) is 1.24. The van der Waals surface area contributed by atoms with Crippen molar-refractivity contribution in [3.63, 3.8) is 0 Å². The molecule has 0 radical (unpaired) electrons. The molecule has 5 rings (SSSR count). The maximum absolute atomic E-state index is 6.48. The average molecular weight is 415 g/mol. The van der Waals surface area contributed by atoms with Gasteiger partial charge in [0, 0.05) is 19.1 Å². The highest BCUT2D eigenvalue weighted by molar-refractivity contribution is 5.81. The maximum atomic E-state index is 6.48. The van der Waals surface area contributed by atoms with E-state index in [1.807, 2.05) is 18.4 Å². The Morgan fingerprint density at radius 1 is 1.27 bits per heavy atom. The van der Waals surface area contributed by atoms with Gasteiger partial charge in [-0.25, -0.2) is 15.0 Å². The molecule has 0 aromatic carbocycles. The number of aromatic nitrogens is 4. The first kappa shape index (κ1) is 19.8. The highest BCUT2D eigenvalue weighted by atomic mass is 16.8. The summed E-state index contributed by atoms with van der Waals surface area (Å²) in [6, 6.07) is 0.537. The Kier molecular flexibility index (Phi) is 4.77. The number of imidazole rings is 1. The summed E-state index contributed by atoms with van der Waals surface area (Å²) in [7, 11) is 2.15. The van der Waals surface area contributed by atoms with Crippen LogP contribution in [0.3, 0.4) is 0 Å². The van der Waals surface area contributed by atoms with E-state index in [1.165, 1.54) is 6.33 Å². The van der Waals surface area contributed by atoms with E-state index in [1.54, 1.807) is 6.33 Å². The van der Waals surface area contributed by atoms with E-state index in [0.717, 1.165) is 25.9 Å². The second-order valence-electron chi connectivity index (χ2n) is 9.05. The molecule has 3 aliphatic rings. The van der Waals surface area contributed by atoms with Crippen molar-refractivity contribution in [2.75, 3.05) is 25.9 Å². The molecule has 2 aromatic rings. The van der Waals surface area contributed by atoms with Crippen molar-refractivity contribution in [2.45, 2.75) is 63.1 Å². The minimum atomic E-state index is -0.671. The van der Waals surface area contributed by atoms with E-state index >= 15 is 0 Å². The van der Waals surface area contributed by atoms with E-state index in [-0.39, 0.29) is 18.3 Å². The summed E-state index contributed by atoms with van der Waals surface area (Å²) in [6.45, 7) is 9.10. The third kappa shape index (κ3) is 3.27. The van der Waals surface area contributed by atoms with Gasteiger partial charge in [-0.1, -0.05) is 0 Å². The molecule has 2 aliphatic heterocycles. The zero-order valence-electron chi connectivity index (χ0n) is 17.6. The van der Waals surface area contributed by atoms with Crippen LogP contribution in [0.5, 0.6) is 0 Å². The minimum Gasteiger partial charge on any atom is -0.382 e. The van der Waals surface area contributed by atoms with Gasteiger partial charge in [0.2, 0.25) is 0 Å². The Morgan fingerprint density at radius 2 is 2.03 bits per heavy atom. The molecular formula is C20H29N7O3. The number of nitrogen functional groups attached to an aromatic ring is 1. The number of ether oxygens (including phenoxy) is 3. The lowest BCUT2D eigenvalue weighted by Gasteiger charge is -2.41. The molecule has 0 bridgehead atoms. The fraction of sp³-hybridized carbons (Fsp3) is 0.700. The van der Waals surface area contributed by atoms with Gasteiger partial charge in [0.15, 0.2) is 23.5 Å². The number of fused-ring (bicyclic) bond motifs is 2. The van der Waals surface area contributed by atoms with Crippen molar-refractivity contribution < 1.29 is 14.2 Å². The summed E-state index contributed by atoms with van der Waals surface area (Å²) >= 11 is 0. The van der Waals surface area contributed by atoms with E-state index in [4.69, 9.17) is 19.9 Å². The summed E-state index contributed by atoms with van der Waals surface area (Å²) in [4.78, 5) is 19.2. The van der Waals surface area contributed by atoms with Gasteiger partial charge in [-0.3, -0.25) is 4.57 Å². The van der Waals surface area contributed by atoms with Gasteiger partial charge in [-0.15, -0.1) is 0 Å². The summed E-state index contributed by atoms with van der Waals surface area (Å²) in [5.74, 6) is 0.324. The van der Waals surface area contributed by atoms with Crippen LogP contribution >= 0.6 is 0 Å². The summed E-state index contributed by atoms with van der Waals surface area (Å²) < 4.78 is 20.9. The molecule has 4 atom stereocenters. The van der Waals surface area contributed by atoms with Crippen LogP contribution in [0.1, 0.15) is 32.9 Å². The first-order valence-electron chi connectivity index (χ1n) is 10.4. The average Bonchev–Trinajstić information content (AvgIpc) is 3.30. The molecular weight excluding hydrogens is 386 g/mol. The largest absolute Gasteiger partial charge is 0.382 e. The fourth-order valence-electron chi connectivity index (χ4n) is 4.91. The Morgan fingerprint density at radius 3 is 2.80 bits per heavy atom. The van der Waals surface area contributed by atoms with E-state index < -0.39 is 12.0 Å². The molecule has 162 valence electrons. The molecule has 1 saturated carbocycles. The lowest BCUT2D eigenvalue weighted by molar-refractivity contribution is -0.198. The Labute approximate surface area is 175 Å². The van der Waals surface area contributed by atoms with Crippen molar-refractivity contribution in [3.8, 4) is 0 Å². The quantitative estimate of drug-likeness (QED) is 0.701. The van der Waals surface area contributed by atoms with Crippen LogP contribution in [0, 0.1) is 5.92 Å². The standard InChI is InChI=1S/C20H29N7O3/c1-20(2)29-15-13(8-26(4)12-5-11(6-12)7-22-3)28-19(16(15)30-20)27-10-25-14-17(21)23-9-24-18(14)27/h9-13,15-16,19H,3,5-8H2,1-2,4H3,(H2,21,23,24)/t11?,12?,13-,15-,16-,19-/m1/s1.